The van der Waals surface area contributed by atoms with Crippen LogP contribution >= 0.6 is 23.4 Å². The molecule has 1 N–H and O–H groups in total. The Morgan fingerprint density at radius 1 is 0.848 bits per heavy atom. The van der Waals surface area contributed by atoms with E-state index in [-0.39, 0.29) is 29.7 Å². The molecular weight excluding hydrogens is 638 g/mol. The fraction of sp³-hybridized carbons (Fsp3) is 0.278. The average molecular weight is 678 g/mol. The van der Waals surface area contributed by atoms with E-state index in [9.17, 15) is 18.0 Å². The van der Waals surface area contributed by atoms with Gasteiger partial charge in [0.2, 0.25) is 11.8 Å². The normalized spacial score (nSPS) is 12.0. The van der Waals surface area contributed by atoms with Crippen molar-refractivity contribution in [1.29, 1.82) is 0 Å². The number of aryl methyl sites for hydroxylation is 1. The number of nitrogens with one attached hydrogen (secondary N) is 1. The Morgan fingerprint density at radius 2 is 1.48 bits per heavy atom. The van der Waals surface area contributed by atoms with E-state index in [0.717, 1.165) is 25.9 Å². The van der Waals surface area contributed by atoms with Crippen LogP contribution in [0.25, 0.3) is 0 Å². The highest BCUT2D eigenvalue weighted by Gasteiger charge is 2.34. The molecule has 0 saturated heterocycles. The molecule has 0 aliphatic carbocycles. The molecule has 0 aromatic heterocycles. The van der Waals surface area contributed by atoms with Gasteiger partial charge in [0.05, 0.1) is 10.6 Å². The van der Waals surface area contributed by atoms with Crippen LogP contribution in [0, 0.1) is 12.8 Å². The summed E-state index contributed by atoms with van der Waals surface area (Å²) in [6.45, 7) is 5.91. The maximum atomic E-state index is 14.5. The second kappa shape index (κ2) is 16.2. The summed E-state index contributed by atoms with van der Waals surface area (Å²) in [6.07, 6.45) is 2.16. The van der Waals surface area contributed by atoms with E-state index in [1.165, 1.54) is 16.7 Å². The molecule has 1 atom stereocenters. The number of hydrogen-bond donors (Lipinski definition) is 1. The average Bonchev–Trinajstić information content (AvgIpc) is 3.05. The van der Waals surface area contributed by atoms with Crippen molar-refractivity contribution in [3.63, 3.8) is 0 Å². The highest BCUT2D eigenvalue weighted by Crippen LogP contribution is 2.27. The van der Waals surface area contributed by atoms with Crippen molar-refractivity contribution in [2.75, 3.05) is 23.7 Å². The molecule has 0 unspecified atom stereocenters. The molecule has 7 nitrogen and oxygen atoms in total. The zero-order valence-corrected chi connectivity index (χ0v) is 28.9. The summed E-state index contributed by atoms with van der Waals surface area (Å²) in [7, 11) is -4.17. The molecule has 0 aliphatic heterocycles. The van der Waals surface area contributed by atoms with Gasteiger partial charge in [-0.05, 0) is 78.8 Å². The van der Waals surface area contributed by atoms with E-state index in [1.54, 1.807) is 60.7 Å². The van der Waals surface area contributed by atoms with Crippen LogP contribution in [-0.4, -0.2) is 50.5 Å². The Hall–Kier alpha value is -3.79. The SMILES string of the molecule is CSc1ccc(S(=O)(=O)N(CC(=O)N(Cc2ccc(Cl)cc2)[C@@H](Cc2ccccc2)C(=O)NCC(C)C)c2ccc(C)cc2)cc1. The van der Waals surface area contributed by atoms with E-state index < -0.39 is 28.5 Å². The van der Waals surface area contributed by atoms with Gasteiger partial charge in [0.25, 0.3) is 10.0 Å². The van der Waals surface area contributed by atoms with Crippen molar-refractivity contribution >= 4 is 50.9 Å². The Bertz CT molecular complexity index is 1700. The summed E-state index contributed by atoms with van der Waals surface area (Å²) in [5.74, 6) is -0.626. The van der Waals surface area contributed by atoms with Crippen LogP contribution in [0.3, 0.4) is 0 Å². The van der Waals surface area contributed by atoms with E-state index >= 15 is 0 Å². The van der Waals surface area contributed by atoms with Gasteiger partial charge in [-0.15, -0.1) is 11.8 Å². The molecule has 0 aliphatic rings. The molecule has 4 aromatic carbocycles. The minimum atomic E-state index is -4.17. The molecule has 0 bridgehead atoms. The van der Waals surface area contributed by atoms with Gasteiger partial charge in [0.1, 0.15) is 12.6 Å². The molecule has 4 aromatic rings. The third kappa shape index (κ3) is 9.37. The monoisotopic (exact) mass is 677 g/mol. The molecule has 10 heteroatoms. The van der Waals surface area contributed by atoms with Crippen molar-refractivity contribution in [3.8, 4) is 0 Å². The smallest absolute Gasteiger partial charge is 0.264 e. The van der Waals surface area contributed by atoms with Crippen LogP contribution in [0.5, 0.6) is 0 Å². The number of hydrogen-bond acceptors (Lipinski definition) is 5. The van der Waals surface area contributed by atoms with Crippen LogP contribution in [-0.2, 0) is 32.6 Å². The molecule has 4 rings (SSSR count). The Morgan fingerprint density at radius 3 is 2.07 bits per heavy atom. The van der Waals surface area contributed by atoms with Crippen molar-refractivity contribution in [2.24, 2.45) is 5.92 Å². The first-order valence-corrected chi connectivity index (χ1v) is 18.1. The fourth-order valence-corrected chi connectivity index (χ4v) is 6.83. The number of amides is 2. The molecule has 46 heavy (non-hydrogen) atoms. The summed E-state index contributed by atoms with van der Waals surface area (Å²) in [6, 6.07) is 29.2. The second-order valence-electron chi connectivity index (χ2n) is 11.5. The predicted octanol–water partition coefficient (Wildman–Crippen LogP) is 6.98. The number of nitrogens with zero attached hydrogens (tertiary/aromatic N) is 2. The highest BCUT2D eigenvalue weighted by atomic mass is 35.5. The lowest BCUT2D eigenvalue weighted by Crippen LogP contribution is -2.53. The maximum Gasteiger partial charge on any atom is 0.264 e. The van der Waals surface area contributed by atoms with Gasteiger partial charge in [-0.1, -0.05) is 85.6 Å². The van der Waals surface area contributed by atoms with Crippen LogP contribution in [0.1, 0.15) is 30.5 Å². The van der Waals surface area contributed by atoms with Gasteiger partial charge >= 0.3 is 0 Å². The first kappa shape index (κ1) is 35.1. The third-order valence-corrected chi connectivity index (χ3v) is 10.3. The van der Waals surface area contributed by atoms with Crippen molar-refractivity contribution < 1.29 is 18.0 Å². The standard InChI is InChI=1S/C36H40ClN3O4S2/c1-26(2)23-38-36(42)34(22-28-8-6-5-7-9-28)39(24-29-12-14-30(37)15-13-29)35(41)25-40(31-16-10-27(3)11-17-31)46(43,44)33-20-18-32(45-4)19-21-33/h5-21,26,34H,22-25H2,1-4H3,(H,38,42)/t34-/m0/s1. The summed E-state index contributed by atoms with van der Waals surface area (Å²) < 4.78 is 29.5. The largest absolute Gasteiger partial charge is 0.354 e. The summed E-state index contributed by atoms with van der Waals surface area (Å²) >= 11 is 7.67. The van der Waals surface area contributed by atoms with E-state index in [0.29, 0.717) is 17.3 Å². The van der Waals surface area contributed by atoms with E-state index in [1.807, 2.05) is 69.5 Å². The van der Waals surface area contributed by atoms with Gasteiger partial charge in [0.15, 0.2) is 0 Å². The van der Waals surface area contributed by atoms with Gasteiger partial charge in [0, 0.05) is 29.4 Å². The van der Waals surface area contributed by atoms with Gasteiger partial charge in [-0.2, -0.15) is 0 Å². The Balaban J connectivity index is 1.79. The van der Waals surface area contributed by atoms with Crippen molar-refractivity contribution in [2.45, 2.75) is 49.6 Å². The number of thioether (sulfide) groups is 1. The molecular formula is C36H40ClN3O4S2. The first-order chi connectivity index (χ1) is 22.0. The van der Waals surface area contributed by atoms with Crippen LogP contribution in [0.2, 0.25) is 5.02 Å². The van der Waals surface area contributed by atoms with Crippen LogP contribution in [0.4, 0.5) is 5.69 Å². The van der Waals surface area contributed by atoms with Gasteiger partial charge in [-0.25, -0.2) is 8.42 Å². The lowest BCUT2D eigenvalue weighted by atomic mass is 10.0. The number of rotatable bonds is 14. The minimum absolute atomic E-state index is 0.0680. The fourth-order valence-electron chi connectivity index (χ4n) is 4.88. The molecule has 0 saturated carbocycles. The number of halogens is 1. The minimum Gasteiger partial charge on any atom is -0.354 e. The summed E-state index contributed by atoms with van der Waals surface area (Å²) in [5.41, 5.74) is 2.93. The van der Waals surface area contributed by atoms with Crippen LogP contribution < -0.4 is 9.62 Å². The molecule has 0 spiro atoms. The zero-order valence-electron chi connectivity index (χ0n) is 26.5. The Kier molecular flexibility index (Phi) is 12.3. The van der Waals surface area contributed by atoms with Crippen molar-refractivity contribution in [1.82, 2.24) is 10.2 Å². The zero-order chi connectivity index (χ0) is 33.3. The maximum absolute atomic E-state index is 14.5. The lowest BCUT2D eigenvalue weighted by molar-refractivity contribution is -0.140. The van der Waals surface area contributed by atoms with Gasteiger partial charge < -0.3 is 10.2 Å². The van der Waals surface area contributed by atoms with E-state index in [2.05, 4.69) is 5.32 Å². The highest BCUT2D eigenvalue weighted by molar-refractivity contribution is 7.98. The molecule has 0 fully saturated rings. The predicted molar refractivity (Wildman–Crippen MR) is 188 cm³/mol. The van der Waals surface area contributed by atoms with Gasteiger partial charge in [-0.3, -0.25) is 13.9 Å². The summed E-state index contributed by atoms with van der Waals surface area (Å²) in [5, 5.41) is 3.55. The number of benzene rings is 4. The second-order valence-corrected chi connectivity index (χ2v) is 14.7. The molecule has 2 amide bonds. The van der Waals surface area contributed by atoms with E-state index in [4.69, 9.17) is 11.6 Å². The third-order valence-electron chi connectivity index (χ3n) is 7.47. The van der Waals surface area contributed by atoms with Crippen LogP contribution in [0.15, 0.2) is 113 Å². The summed E-state index contributed by atoms with van der Waals surface area (Å²) in [4.78, 5) is 30.9. The topological polar surface area (TPSA) is 86.8 Å². The number of carbonyl (C=O) groups excluding carboxylic acids is 2. The molecule has 242 valence electrons. The number of anilines is 1. The number of carbonyl (C=O) groups is 2. The lowest BCUT2D eigenvalue weighted by Gasteiger charge is -2.34. The molecule has 0 heterocycles. The first-order valence-electron chi connectivity index (χ1n) is 15.1. The molecule has 0 radical (unpaired) electrons. The quantitative estimate of drug-likeness (QED) is 0.146. The number of sulfonamides is 1. The van der Waals surface area contributed by atoms with Crippen molar-refractivity contribution in [3.05, 3.63) is 125 Å². The Labute approximate surface area is 282 Å².